The van der Waals surface area contributed by atoms with Crippen LogP contribution in [0.25, 0.3) is 0 Å². The minimum absolute atomic E-state index is 0.117. The first kappa shape index (κ1) is 13.2. The van der Waals surface area contributed by atoms with Gasteiger partial charge in [-0.3, -0.25) is 9.59 Å². The van der Waals surface area contributed by atoms with E-state index in [1.807, 2.05) is 31.2 Å². The third kappa shape index (κ3) is 4.24. The van der Waals surface area contributed by atoms with Crippen molar-refractivity contribution in [3.8, 4) is 0 Å². The van der Waals surface area contributed by atoms with Crippen LogP contribution < -0.4 is 16.8 Å². The minimum Gasteiger partial charge on any atom is -0.370 e. The maximum absolute atomic E-state index is 11.6. The van der Waals surface area contributed by atoms with Gasteiger partial charge in [0, 0.05) is 13.0 Å². The lowest BCUT2D eigenvalue weighted by Gasteiger charge is -2.12. The van der Waals surface area contributed by atoms with Crippen LogP contribution >= 0.6 is 0 Å². The van der Waals surface area contributed by atoms with Gasteiger partial charge in [0.2, 0.25) is 11.8 Å². The van der Waals surface area contributed by atoms with Gasteiger partial charge in [0.1, 0.15) is 6.04 Å². The van der Waals surface area contributed by atoms with Gasteiger partial charge < -0.3 is 16.8 Å². The summed E-state index contributed by atoms with van der Waals surface area (Å²) in [6.45, 7) is 2.18. The maximum atomic E-state index is 11.6. The molecule has 0 saturated heterocycles. The van der Waals surface area contributed by atoms with Gasteiger partial charge in [0.05, 0.1) is 0 Å². The van der Waals surface area contributed by atoms with Gasteiger partial charge in [0.25, 0.3) is 0 Å². The zero-order valence-electron chi connectivity index (χ0n) is 9.77. The number of nitrogens with two attached hydrogens (primary N) is 2. The molecule has 1 unspecified atom stereocenters. The Bertz CT molecular complexity index is 401. The second-order valence-corrected chi connectivity index (χ2v) is 3.90. The summed E-state index contributed by atoms with van der Waals surface area (Å²) in [6, 6.07) is 6.70. The van der Waals surface area contributed by atoms with Crippen molar-refractivity contribution in [1.82, 2.24) is 5.32 Å². The van der Waals surface area contributed by atoms with Crippen molar-refractivity contribution in [3.63, 3.8) is 0 Å². The summed E-state index contributed by atoms with van der Waals surface area (Å²) in [5.74, 6) is -0.760. The number of carbonyl (C=O) groups excluding carboxylic acids is 2. The van der Waals surface area contributed by atoms with Crippen LogP contribution in [0.15, 0.2) is 24.3 Å². The van der Waals surface area contributed by atoms with Crippen molar-refractivity contribution in [2.24, 2.45) is 11.5 Å². The van der Waals surface area contributed by atoms with E-state index in [0.717, 1.165) is 11.1 Å². The van der Waals surface area contributed by atoms with Crippen LogP contribution in [0.2, 0.25) is 0 Å². The molecule has 1 rings (SSSR count). The zero-order chi connectivity index (χ0) is 12.8. The summed E-state index contributed by atoms with van der Waals surface area (Å²) in [7, 11) is 0. The SMILES string of the molecule is Cc1ccc(C(N)C(=O)NCCC(N)=O)cc1. The molecule has 0 radical (unpaired) electrons. The monoisotopic (exact) mass is 235 g/mol. The first-order chi connectivity index (χ1) is 8.00. The molecule has 0 aliphatic carbocycles. The Morgan fingerprint density at radius 3 is 2.41 bits per heavy atom. The second kappa shape index (κ2) is 6.00. The summed E-state index contributed by atoms with van der Waals surface area (Å²) in [5.41, 5.74) is 12.6. The van der Waals surface area contributed by atoms with E-state index in [4.69, 9.17) is 11.5 Å². The first-order valence-electron chi connectivity index (χ1n) is 5.39. The molecule has 0 spiro atoms. The Kier molecular flexibility index (Phi) is 4.66. The molecule has 5 nitrogen and oxygen atoms in total. The molecular formula is C12H17N3O2. The molecule has 0 aliphatic rings. The standard InChI is InChI=1S/C12H17N3O2/c1-8-2-4-9(5-3-8)11(14)12(17)15-7-6-10(13)16/h2-5,11H,6-7,14H2,1H3,(H2,13,16)(H,15,17). The van der Waals surface area contributed by atoms with Crippen LogP contribution in [-0.2, 0) is 9.59 Å². The smallest absolute Gasteiger partial charge is 0.241 e. The van der Waals surface area contributed by atoms with Gasteiger partial charge in [0.15, 0.2) is 0 Å². The van der Waals surface area contributed by atoms with Crippen molar-refractivity contribution in [1.29, 1.82) is 0 Å². The number of carbonyl (C=O) groups is 2. The lowest BCUT2D eigenvalue weighted by atomic mass is 10.1. The summed E-state index contributed by atoms with van der Waals surface area (Å²) < 4.78 is 0. The molecule has 17 heavy (non-hydrogen) atoms. The van der Waals surface area contributed by atoms with E-state index in [9.17, 15) is 9.59 Å². The number of aryl methyl sites for hydroxylation is 1. The third-order valence-corrected chi connectivity index (χ3v) is 2.39. The minimum atomic E-state index is -0.719. The van der Waals surface area contributed by atoms with E-state index in [1.54, 1.807) is 0 Å². The van der Waals surface area contributed by atoms with Crippen LogP contribution in [0.3, 0.4) is 0 Å². The summed E-state index contributed by atoms with van der Waals surface area (Å²) in [5, 5.41) is 2.56. The molecule has 0 aliphatic heterocycles. The van der Waals surface area contributed by atoms with Gasteiger partial charge in [-0.1, -0.05) is 29.8 Å². The van der Waals surface area contributed by atoms with Gasteiger partial charge >= 0.3 is 0 Å². The van der Waals surface area contributed by atoms with Crippen molar-refractivity contribution in [2.75, 3.05) is 6.54 Å². The Hall–Kier alpha value is -1.88. The molecule has 0 fully saturated rings. The van der Waals surface area contributed by atoms with Crippen molar-refractivity contribution >= 4 is 11.8 Å². The van der Waals surface area contributed by atoms with E-state index in [1.165, 1.54) is 0 Å². The highest BCUT2D eigenvalue weighted by atomic mass is 16.2. The molecule has 1 atom stereocenters. The van der Waals surface area contributed by atoms with Crippen LogP contribution in [0.1, 0.15) is 23.6 Å². The second-order valence-electron chi connectivity index (χ2n) is 3.90. The predicted molar refractivity (Wildman–Crippen MR) is 64.9 cm³/mol. The Labute approximate surface area is 100 Å². The first-order valence-corrected chi connectivity index (χ1v) is 5.39. The number of hydrogen-bond donors (Lipinski definition) is 3. The topological polar surface area (TPSA) is 98.2 Å². The van der Waals surface area contributed by atoms with Gasteiger partial charge in [-0.15, -0.1) is 0 Å². The molecule has 0 bridgehead atoms. The lowest BCUT2D eigenvalue weighted by Crippen LogP contribution is -2.35. The van der Waals surface area contributed by atoms with Crippen molar-refractivity contribution < 1.29 is 9.59 Å². The summed E-state index contributed by atoms with van der Waals surface area (Å²) in [4.78, 5) is 22.1. The Morgan fingerprint density at radius 1 is 1.29 bits per heavy atom. The van der Waals surface area contributed by atoms with Crippen LogP contribution in [0.5, 0.6) is 0 Å². The normalized spacial score (nSPS) is 11.9. The maximum Gasteiger partial charge on any atom is 0.241 e. The number of amides is 2. The van der Waals surface area contributed by atoms with Crippen LogP contribution in [-0.4, -0.2) is 18.4 Å². The third-order valence-electron chi connectivity index (χ3n) is 2.39. The lowest BCUT2D eigenvalue weighted by molar-refractivity contribution is -0.122. The average molecular weight is 235 g/mol. The molecule has 5 N–H and O–H groups in total. The Balaban J connectivity index is 2.51. The highest BCUT2D eigenvalue weighted by Gasteiger charge is 2.14. The highest BCUT2D eigenvalue weighted by molar-refractivity contribution is 5.83. The molecule has 92 valence electrons. The average Bonchev–Trinajstić information content (AvgIpc) is 2.28. The van der Waals surface area contributed by atoms with E-state index >= 15 is 0 Å². The Morgan fingerprint density at radius 2 is 1.88 bits per heavy atom. The predicted octanol–water partition coefficient (Wildman–Crippen LogP) is -0.0136. The molecule has 5 heteroatoms. The van der Waals surface area contributed by atoms with Crippen molar-refractivity contribution in [2.45, 2.75) is 19.4 Å². The van der Waals surface area contributed by atoms with E-state index in [-0.39, 0.29) is 18.9 Å². The van der Waals surface area contributed by atoms with Gasteiger partial charge in [-0.25, -0.2) is 0 Å². The summed E-state index contributed by atoms with van der Waals surface area (Å²) in [6.07, 6.45) is 0.117. The largest absolute Gasteiger partial charge is 0.370 e. The molecule has 0 saturated carbocycles. The fourth-order valence-corrected chi connectivity index (χ4v) is 1.34. The van der Waals surface area contributed by atoms with E-state index in [0.29, 0.717) is 0 Å². The quantitative estimate of drug-likeness (QED) is 0.669. The summed E-state index contributed by atoms with van der Waals surface area (Å²) >= 11 is 0. The highest BCUT2D eigenvalue weighted by Crippen LogP contribution is 2.11. The molecule has 1 aromatic carbocycles. The zero-order valence-corrected chi connectivity index (χ0v) is 9.77. The molecule has 0 heterocycles. The van der Waals surface area contributed by atoms with E-state index in [2.05, 4.69) is 5.32 Å². The number of benzene rings is 1. The fourth-order valence-electron chi connectivity index (χ4n) is 1.34. The van der Waals surface area contributed by atoms with E-state index < -0.39 is 11.9 Å². The van der Waals surface area contributed by atoms with Crippen LogP contribution in [0, 0.1) is 6.92 Å². The number of primary amides is 1. The van der Waals surface area contributed by atoms with Crippen LogP contribution in [0.4, 0.5) is 0 Å². The molecule has 2 amide bonds. The van der Waals surface area contributed by atoms with Gasteiger partial charge in [-0.05, 0) is 12.5 Å². The molecule has 0 aromatic heterocycles. The van der Waals surface area contributed by atoms with Gasteiger partial charge in [-0.2, -0.15) is 0 Å². The number of nitrogens with one attached hydrogen (secondary N) is 1. The molecule has 1 aromatic rings. The number of rotatable bonds is 5. The van der Waals surface area contributed by atoms with Crippen molar-refractivity contribution in [3.05, 3.63) is 35.4 Å². The number of hydrogen-bond acceptors (Lipinski definition) is 3. The fraction of sp³-hybridized carbons (Fsp3) is 0.333. The molecular weight excluding hydrogens is 218 g/mol.